The lowest BCUT2D eigenvalue weighted by molar-refractivity contribution is -0.384. The van der Waals surface area contributed by atoms with Gasteiger partial charge >= 0.3 is 0 Å². The van der Waals surface area contributed by atoms with Gasteiger partial charge in [-0.2, -0.15) is 10.3 Å². The van der Waals surface area contributed by atoms with Crippen LogP contribution in [0.4, 0.5) is 11.6 Å². The molecule has 0 bridgehead atoms. The molecule has 19 heavy (non-hydrogen) atoms. The van der Waals surface area contributed by atoms with Crippen LogP contribution in [0.3, 0.4) is 0 Å². The number of aromatic amines is 1. The van der Waals surface area contributed by atoms with Gasteiger partial charge < -0.3 is 4.74 Å². The van der Waals surface area contributed by atoms with Crippen molar-refractivity contribution in [3.05, 3.63) is 33.9 Å². The Morgan fingerprint density at radius 3 is 3.05 bits per heavy atom. The first-order chi connectivity index (χ1) is 9.20. The molecule has 0 aliphatic rings. The topological polar surface area (TPSA) is 131 Å². The van der Waals surface area contributed by atoms with Gasteiger partial charge in [0.1, 0.15) is 5.75 Å². The molecule has 0 amide bonds. The lowest BCUT2D eigenvalue weighted by atomic mass is 10.2. The summed E-state index contributed by atoms with van der Waals surface area (Å²) in [5.41, 5.74) is 2.90. The predicted octanol–water partition coefficient (Wildman–Crippen LogP) is 0.562. The van der Waals surface area contributed by atoms with Crippen LogP contribution in [0, 0.1) is 10.1 Å². The molecule has 10 heteroatoms. The number of H-pyrrole nitrogens is 1. The average Bonchev–Trinajstić information content (AvgIpc) is 2.91. The summed E-state index contributed by atoms with van der Waals surface area (Å²) in [6, 6.07) is 4.19. The lowest BCUT2D eigenvalue weighted by Crippen LogP contribution is -1.97. The van der Waals surface area contributed by atoms with E-state index in [1.54, 1.807) is 0 Å². The summed E-state index contributed by atoms with van der Waals surface area (Å²) in [5.74, 6) is 0.643. The number of nitro groups is 1. The van der Waals surface area contributed by atoms with Gasteiger partial charge in [-0.05, 0) is 11.3 Å². The average molecular weight is 263 g/mol. The van der Waals surface area contributed by atoms with Crippen LogP contribution in [0.15, 0.2) is 23.3 Å². The van der Waals surface area contributed by atoms with E-state index >= 15 is 0 Å². The number of aromatic nitrogens is 4. The van der Waals surface area contributed by atoms with Crippen molar-refractivity contribution >= 4 is 17.9 Å². The molecule has 2 rings (SSSR count). The fourth-order valence-corrected chi connectivity index (χ4v) is 1.30. The number of hydrogen-bond donors (Lipinski definition) is 2. The highest BCUT2D eigenvalue weighted by atomic mass is 16.6. The second-order valence-corrected chi connectivity index (χ2v) is 3.29. The summed E-state index contributed by atoms with van der Waals surface area (Å²) in [7, 11) is 1.46. The zero-order chi connectivity index (χ0) is 13.7. The van der Waals surface area contributed by atoms with Gasteiger partial charge in [0.05, 0.1) is 18.2 Å². The Morgan fingerprint density at radius 2 is 2.42 bits per heavy atom. The number of anilines is 1. The Bertz CT molecular complexity index is 596. The third-order valence-corrected chi connectivity index (χ3v) is 2.14. The first-order valence-electron chi connectivity index (χ1n) is 5.05. The molecule has 0 aliphatic carbocycles. The number of nitrogens with zero attached hydrogens (tertiary/aromatic N) is 5. The van der Waals surface area contributed by atoms with Crippen LogP contribution in [0.2, 0.25) is 0 Å². The largest absolute Gasteiger partial charge is 0.496 e. The second-order valence-electron chi connectivity index (χ2n) is 3.29. The normalized spacial score (nSPS) is 10.6. The van der Waals surface area contributed by atoms with E-state index in [1.807, 2.05) is 0 Å². The maximum Gasteiger partial charge on any atom is 0.283 e. The summed E-state index contributed by atoms with van der Waals surface area (Å²) in [5, 5.41) is 27.3. The Kier molecular flexibility index (Phi) is 3.61. The minimum atomic E-state index is -0.497. The number of hydrazone groups is 1. The van der Waals surface area contributed by atoms with Crippen LogP contribution in [-0.2, 0) is 0 Å². The van der Waals surface area contributed by atoms with E-state index in [0.29, 0.717) is 11.3 Å². The molecule has 0 atom stereocenters. The molecule has 0 radical (unpaired) electrons. The molecule has 0 saturated heterocycles. The molecule has 1 aromatic heterocycles. The van der Waals surface area contributed by atoms with Gasteiger partial charge in [-0.3, -0.25) is 10.1 Å². The molecule has 1 heterocycles. The maximum absolute atomic E-state index is 10.7. The standard InChI is InChI=1S/C9H9N7O3/c1-19-8-3-2-7(16(17)18)4-6(8)5-10-11-9-12-14-15-13-9/h2-5H,1H3,(H2,11,12,13,14,15). The molecule has 0 spiro atoms. The van der Waals surface area contributed by atoms with Crippen molar-refractivity contribution in [2.45, 2.75) is 0 Å². The number of ether oxygens (including phenoxy) is 1. The molecule has 10 nitrogen and oxygen atoms in total. The molecule has 2 aromatic rings. The third-order valence-electron chi connectivity index (χ3n) is 2.14. The van der Waals surface area contributed by atoms with E-state index in [1.165, 1.54) is 31.5 Å². The Hall–Kier alpha value is -3.04. The predicted molar refractivity (Wildman–Crippen MR) is 65.0 cm³/mol. The Labute approximate surface area is 106 Å². The zero-order valence-electron chi connectivity index (χ0n) is 9.77. The van der Waals surface area contributed by atoms with Crippen molar-refractivity contribution in [2.75, 3.05) is 12.5 Å². The molecule has 0 saturated carbocycles. The maximum atomic E-state index is 10.7. The first kappa shape index (κ1) is 12.4. The Morgan fingerprint density at radius 1 is 1.58 bits per heavy atom. The highest BCUT2D eigenvalue weighted by molar-refractivity contribution is 5.85. The first-order valence-corrected chi connectivity index (χ1v) is 5.05. The van der Waals surface area contributed by atoms with Gasteiger partial charge in [-0.15, -0.1) is 5.10 Å². The number of rotatable bonds is 5. The lowest BCUT2D eigenvalue weighted by Gasteiger charge is -2.03. The Balaban J connectivity index is 2.19. The third kappa shape index (κ3) is 3.00. The number of nitro benzene ring substituents is 1. The van der Waals surface area contributed by atoms with Gasteiger partial charge in [0.2, 0.25) is 0 Å². The van der Waals surface area contributed by atoms with E-state index in [-0.39, 0.29) is 11.6 Å². The minimum absolute atomic E-state index is 0.0539. The second kappa shape index (κ2) is 5.53. The van der Waals surface area contributed by atoms with Crippen LogP contribution < -0.4 is 10.2 Å². The van der Waals surface area contributed by atoms with Gasteiger partial charge in [0.15, 0.2) is 0 Å². The van der Waals surface area contributed by atoms with Crippen molar-refractivity contribution in [3.63, 3.8) is 0 Å². The molecular weight excluding hydrogens is 254 g/mol. The fraction of sp³-hybridized carbons (Fsp3) is 0.111. The van der Waals surface area contributed by atoms with Crippen molar-refractivity contribution in [1.29, 1.82) is 0 Å². The summed E-state index contributed by atoms with van der Waals surface area (Å²) in [4.78, 5) is 10.2. The molecule has 2 N–H and O–H groups in total. The number of hydrogen-bond acceptors (Lipinski definition) is 8. The number of tetrazole rings is 1. The summed E-state index contributed by atoms with van der Waals surface area (Å²) >= 11 is 0. The summed E-state index contributed by atoms with van der Waals surface area (Å²) in [6.45, 7) is 0. The molecule has 0 unspecified atom stereocenters. The number of nitrogens with one attached hydrogen (secondary N) is 2. The highest BCUT2D eigenvalue weighted by Crippen LogP contribution is 2.22. The molecule has 0 fully saturated rings. The van der Waals surface area contributed by atoms with E-state index in [0.717, 1.165) is 0 Å². The minimum Gasteiger partial charge on any atom is -0.496 e. The number of benzene rings is 1. The highest BCUT2D eigenvalue weighted by Gasteiger charge is 2.09. The van der Waals surface area contributed by atoms with Crippen LogP contribution >= 0.6 is 0 Å². The summed E-state index contributed by atoms with van der Waals surface area (Å²) in [6.07, 6.45) is 1.36. The summed E-state index contributed by atoms with van der Waals surface area (Å²) < 4.78 is 5.08. The van der Waals surface area contributed by atoms with Crippen molar-refractivity contribution < 1.29 is 9.66 Å². The van der Waals surface area contributed by atoms with Crippen LogP contribution in [-0.4, -0.2) is 38.9 Å². The quantitative estimate of drug-likeness (QED) is 0.457. The number of methoxy groups -OCH3 is 1. The van der Waals surface area contributed by atoms with Crippen molar-refractivity contribution in [3.8, 4) is 5.75 Å². The molecule has 0 aliphatic heterocycles. The molecule has 1 aromatic carbocycles. The van der Waals surface area contributed by atoms with Crippen LogP contribution in [0.25, 0.3) is 0 Å². The van der Waals surface area contributed by atoms with Gasteiger partial charge in [0.25, 0.3) is 11.6 Å². The SMILES string of the molecule is COc1ccc([N+](=O)[O-])cc1C=NNc1nn[nH]n1. The monoisotopic (exact) mass is 263 g/mol. The van der Waals surface area contributed by atoms with Crippen molar-refractivity contribution in [1.82, 2.24) is 20.6 Å². The van der Waals surface area contributed by atoms with E-state index in [2.05, 4.69) is 31.2 Å². The molecule has 98 valence electrons. The number of non-ortho nitro benzene ring substituents is 1. The van der Waals surface area contributed by atoms with Crippen LogP contribution in [0.1, 0.15) is 5.56 Å². The van der Waals surface area contributed by atoms with Crippen molar-refractivity contribution in [2.24, 2.45) is 5.10 Å². The van der Waals surface area contributed by atoms with E-state index in [9.17, 15) is 10.1 Å². The smallest absolute Gasteiger partial charge is 0.283 e. The zero-order valence-corrected chi connectivity index (χ0v) is 9.77. The van der Waals surface area contributed by atoms with E-state index < -0.39 is 4.92 Å². The van der Waals surface area contributed by atoms with Crippen LogP contribution in [0.5, 0.6) is 5.75 Å². The van der Waals surface area contributed by atoms with Gasteiger partial charge in [-0.1, -0.05) is 5.10 Å². The van der Waals surface area contributed by atoms with Gasteiger partial charge in [0, 0.05) is 17.7 Å². The molecular formula is C9H9N7O3. The van der Waals surface area contributed by atoms with Gasteiger partial charge in [-0.25, -0.2) is 5.43 Å². The fourth-order valence-electron chi connectivity index (χ4n) is 1.30. The van der Waals surface area contributed by atoms with E-state index in [4.69, 9.17) is 4.74 Å².